The number of anilines is 1. The predicted molar refractivity (Wildman–Crippen MR) is 108 cm³/mol. The number of Topliss-reactive ketones (excluding diaryl/α,β-unsaturated/α-hetero) is 1. The number of benzene rings is 2. The van der Waals surface area contributed by atoms with Crippen LogP contribution in [0.25, 0.3) is 0 Å². The van der Waals surface area contributed by atoms with Crippen molar-refractivity contribution in [3.8, 4) is 5.75 Å². The Kier molecular flexibility index (Phi) is 6.66. The fraction of sp³-hybridized carbons (Fsp3) is 0.364. The van der Waals surface area contributed by atoms with Gasteiger partial charge in [0.2, 0.25) is 5.91 Å². The summed E-state index contributed by atoms with van der Waals surface area (Å²) in [5.74, 6) is 0.452. The number of morpholine rings is 1. The fourth-order valence-electron chi connectivity index (χ4n) is 3.34. The normalized spacial score (nSPS) is 13.9. The van der Waals surface area contributed by atoms with Crippen LogP contribution in [0, 0.1) is 0 Å². The molecule has 3 rings (SSSR count). The first kappa shape index (κ1) is 19.9. The van der Waals surface area contributed by atoms with Gasteiger partial charge in [0.15, 0.2) is 5.78 Å². The van der Waals surface area contributed by atoms with Crippen molar-refractivity contribution in [2.24, 2.45) is 0 Å². The Hall–Kier alpha value is -2.86. The van der Waals surface area contributed by atoms with Crippen molar-refractivity contribution in [1.82, 2.24) is 5.32 Å². The van der Waals surface area contributed by atoms with E-state index in [1.54, 1.807) is 25.3 Å². The molecular weight excluding hydrogens is 356 g/mol. The highest BCUT2D eigenvalue weighted by Gasteiger charge is 2.16. The fourth-order valence-corrected chi connectivity index (χ4v) is 3.34. The highest BCUT2D eigenvalue weighted by Crippen LogP contribution is 2.23. The smallest absolute Gasteiger partial charge is 0.224 e. The van der Waals surface area contributed by atoms with E-state index in [0.717, 1.165) is 24.3 Å². The van der Waals surface area contributed by atoms with Crippen LogP contribution >= 0.6 is 0 Å². The third-order valence-corrected chi connectivity index (χ3v) is 4.86. The summed E-state index contributed by atoms with van der Waals surface area (Å²) < 4.78 is 10.8. The molecule has 0 saturated carbocycles. The summed E-state index contributed by atoms with van der Waals surface area (Å²) in [6.07, 6.45) is 0.157. The van der Waals surface area contributed by atoms with Gasteiger partial charge >= 0.3 is 0 Å². The lowest BCUT2D eigenvalue weighted by atomic mass is 10.0. The molecule has 0 aliphatic carbocycles. The quantitative estimate of drug-likeness (QED) is 0.746. The van der Waals surface area contributed by atoms with Gasteiger partial charge in [0, 0.05) is 36.4 Å². The number of hydrogen-bond acceptors (Lipinski definition) is 5. The minimum Gasteiger partial charge on any atom is -0.496 e. The number of nitrogens with zero attached hydrogens (tertiary/aromatic N) is 1. The Morgan fingerprint density at radius 1 is 1.11 bits per heavy atom. The van der Waals surface area contributed by atoms with Crippen LogP contribution in [-0.2, 0) is 22.5 Å². The number of amides is 1. The predicted octanol–water partition coefficient (Wildman–Crippen LogP) is 2.59. The Morgan fingerprint density at radius 3 is 2.57 bits per heavy atom. The maximum absolute atomic E-state index is 12.5. The first-order chi connectivity index (χ1) is 13.6. The molecule has 148 valence electrons. The van der Waals surface area contributed by atoms with E-state index in [1.165, 1.54) is 6.92 Å². The molecule has 0 aromatic heterocycles. The molecule has 28 heavy (non-hydrogen) atoms. The second kappa shape index (κ2) is 9.37. The minimum atomic E-state index is -0.115. The summed E-state index contributed by atoms with van der Waals surface area (Å²) in [6.45, 7) is 5.08. The van der Waals surface area contributed by atoms with Gasteiger partial charge in [-0.15, -0.1) is 0 Å². The van der Waals surface area contributed by atoms with Gasteiger partial charge in [0.1, 0.15) is 5.75 Å². The first-order valence-corrected chi connectivity index (χ1v) is 9.43. The Bertz CT molecular complexity index is 844. The standard InChI is InChI=1S/C22H26N2O4/c1-16(25)17-7-8-21(27-2)19(13-17)14-22(26)23-15-18-5-3-4-6-20(18)24-9-11-28-12-10-24/h3-8,13H,9-12,14-15H2,1-2H3,(H,23,26). The number of carbonyl (C=O) groups excluding carboxylic acids is 2. The van der Waals surface area contributed by atoms with Crippen molar-refractivity contribution < 1.29 is 19.1 Å². The zero-order chi connectivity index (χ0) is 19.9. The Labute approximate surface area is 165 Å². The highest BCUT2D eigenvalue weighted by atomic mass is 16.5. The lowest BCUT2D eigenvalue weighted by Crippen LogP contribution is -2.37. The molecule has 6 nitrogen and oxygen atoms in total. The molecule has 2 aromatic carbocycles. The summed E-state index contributed by atoms with van der Waals surface area (Å²) in [6, 6.07) is 13.3. The molecule has 1 fully saturated rings. The van der Waals surface area contributed by atoms with E-state index in [4.69, 9.17) is 9.47 Å². The highest BCUT2D eigenvalue weighted by molar-refractivity contribution is 5.94. The van der Waals surface area contributed by atoms with Gasteiger partial charge in [0.25, 0.3) is 0 Å². The number of hydrogen-bond donors (Lipinski definition) is 1. The Morgan fingerprint density at radius 2 is 1.86 bits per heavy atom. The molecule has 1 aliphatic heterocycles. The van der Waals surface area contributed by atoms with Gasteiger partial charge < -0.3 is 19.7 Å². The van der Waals surface area contributed by atoms with Crippen LogP contribution in [0.1, 0.15) is 28.4 Å². The van der Waals surface area contributed by atoms with E-state index in [2.05, 4.69) is 16.3 Å². The van der Waals surface area contributed by atoms with Crippen molar-refractivity contribution in [3.05, 3.63) is 59.2 Å². The van der Waals surface area contributed by atoms with E-state index in [9.17, 15) is 9.59 Å². The van der Waals surface area contributed by atoms with Crippen LogP contribution in [0.2, 0.25) is 0 Å². The lowest BCUT2D eigenvalue weighted by Gasteiger charge is -2.30. The molecular formula is C22H26N2O4. The minimum absolute atomic E-state index is 0.0382. The largest absolute Gasteiger partial charge is 0.496 e. The van der Waals surface area contributed by atoms with E-state index >= 15 is 0 Å². The van der Waals surface area contributed by atoms with E-state index in [1.807, 2.05) is 18.2 Å². The second-order valence-electron chi connectivity index (χ2n) is 6.76. The molecule has 2 aromatic rings. The van der Waals surface area contributed by atoms with E-state index in [0.29, 0.717) is 36.6 Å². The molecule has 0 atom stereocenters. The second-order valence-corrected chi connectivity index (χ2v) is 6.76. The number of ketones is 1. The molecule has 0 unspecified atom stereocenters. The van der Waals surface area contributed by atoms with Crippen LogP contribution in [-0.4, -0.2) is 45.1 Å². The van der Waals surface area contributed by atoms with Crippen LogP contribution in [0.3, 0.4) is 0 Å². The van der Waals surface area contributed by atoms with Gasteiger partial charge in [-0.25, -0.2) is 0 Å². The van der Waals surface area contributed by atoms with Crippen molar-refractivity contribution in [2.45, 2.75) is 19.9 Å². The summed E-state index contributed by atoms with van der Waals surface area (Å²) in [7, 11) is 1.56. The molecule has 1 aliphatic rings. The summed E-state index contributed by atoms with van der Waals surface area (Å²) in [4.78, 5) is 26.4. The number of ether oxygens (including phenoxy) is 2. The first-order valence-electron chi connectivity index (χ1n) is 9.43. The van der Waals surface area contributed by atoms with Gasteiger partial charge in [-0.3, -0.25) is 9.59 Å². The van der Waals surface area contributed by atoms with Crippen molar-refractivity contribution in [3.63, 3.8) is 0 Å². The molecule has 1 saturated heterocycles. The summed E-state index contributed by atoms with van der Waals surface area (Å²) >= 11 is 0. The zero-order valence-corrected chi connectivity index (χ0v) is 16.4. The summed E-state index contributed by atoms with van der Waals surface area (Å²) in [5, 5.41) is 2.99. The van der Waals surface area contributed by atoms with Crippen LogP contribution < -0.4 is 15.0 Å². The maximum Gasteiger partial charge on any atom is 0.224 e. The van der Waals surface area contributed by atoms with E-state index in [-0.39, 0.29) is 18.1 Å². The molecule has 0 spiro atoms. The lowest BCUT2D eigenvalue weighted by molar-refractivity contribution is -0.120. The average Bonchev–Trinajstić information content (AvgIpc) is 2.73. The number of nitrogens with one attached hydrogen (secondary N) is 1. The van der Waals surface area contributed by atoms with Crippen LogP contribution in [0.5, 0.6) is 5.75 Å². The third-order valence-electron chi connectivity index (χ3n) is 4.86. The number of carbonyl (C=O) groups is 2. The molecule has 0 radical (unpaired) electrons. The van der Waals surface area contributed by atoms with Gasteiger partial charge in [0.05, 0.1) is 26.7 Å². The summed E-state index contributed by atoms with van der Waals surface area (Å²) in [5.41, 5.74) is 3.47. The van der Waals surface area contributed by atoms with E-state index < -0.39 is 0 Å². The van der Waals surface area contributed by atoms with Crippen molar-refractivity contribution in [2.75, 3.05) is 38.3 Å². The molecule has 0 bridgehead atoms. The van der Waals surface area contributed by atoms with Crippen LogP contribution in [0.15, 0.2) is 42.5 Å². The Balaban J connectivity index is 1.67. The van der Waals surface area contributed by atoms with Crippen molar-refractivity contribution >= 4 is 17.4 Å². The van der Waals surface area contributed by atoms with Crippen LogP contribution in [0.4, 0.5) is 5.69 Å². The number of para-hydroxylation sites is 1. The third kappa shape index (κ3) is 4.89. The molecule has 1 amide bonds. The van der Waals surface area contributed by atoms with Crippen molar-refractivity contribution in [1.29, 1.82) is 0 Å². The van der Waals surface area contributed by atoms with Gasteiger partial charge in [-0.2, -0.15) is 0 Å². The molecule has 1 N–H and O–H groups in total. The SMILES string of the molecule is COc1ccc(C(C)=O)cc1CC(=O)NCc1ccccc1N1CCOCC1. The zero-order valence-electron chi connectivity index (χ0n) is 16.4. The molecule has 6 heteroatoms. The van der Waals surface area contributed by atoms with Gasteiger partial charge in [-0.1, -0.05) is 18.2 Å². The maximum atomic E-state index is 12.5. The average molecular weight is 382 g/mol. The number of methoxy groups -OCH3 is 1. The topological polar surface area (TPSA) is 67.9 Å². The van der Waals surface area contributed by atoms with Gasteiger partial charge in [-0.05, 0) is 36.8 Å². The number of rotatable bonds is 7. The molecule has 1 heterocycles. The monoisotopic (exact) mass is 382 g/mol.